The highest BCUT2D eigenvalue weighted by molar-refractivity contribution is 6.30. The van der Waals surface area contributed by atoms with Gasteiger partial charge in [0.15, 0.2) is 0 Å². The molecule has 156 valence electrons. The average Bonchev–Trinajstić information content (AvgIpc) is 3.25. The minimum Gasteiger partial charge on any atom is -0.321 e. The first-order valence-corrected chi connectivity index (χ1v) is 10.8. The van der Waals surface area contributed by atoms with Crippen LogP contribution in [0.4, 0.5) is 10.5 Å². The molecule has 0 unspecified atom stereocenters. The Balaban J connectivity index is 1.66. The number of urea groups is 1. The Morgan fingerprint density at radius 2 is 1.77 bits per heavy atom. The standard InChI is InChI=1S/C24H26ClN3O2/c1-15-7-8-16(2)22-21(15)13-17(23(29)27-22)14-28(20-5-3-4-6-20)24(30)26-19-11-9-18(25)10-12-19/h7-13,20H,3-6,14H2,1-2H3,(H,26,30)(H,27,29). The van der Waals surface area contributed by atoms with E-state index < -0.39 is 0 Å². The number of halogens is 1. The van der Waals surface area contributed by atoms with Crippen molar-refractivity contribution in [3.05, 3.63) is 74.5 Å². The molecule has 4 rings (SSSR count). The molecular weight excluding hydrogens is 398 g/mol. The van der Waals surface area contributed by atoms with Crippen molar-refractivity contribution in [2.24, 2.45) is 0 Å². The van der Waals surface area contributed by atoms with Gasteiger partial charge in [-0.2, -0.15) is 0 Å². The summed E-state index contributed by atoms with van der Waals surface area (Å²) in [4.78, 5) is 30.8. The van der Waals surface area contributed by atoms with Gasteiger partial charge in [-0.05, 0) is 68.1 Å². The summed E-state index contributed by atoms with van der Waals surface area (Å²) in [6.45, 7) is 4.30. The summed E-state index contributed by atoms with van der Waals surface area (Å²) < 4.78 is 0. The number of aromatic nitrogens is 1. The van der Waals surface area contributed by atoms with E-state index in [1.165, 1.54) is 0 Å². The van der Waals surface area contributed by atoms with Gasteiger partial charge >= 0.3 is 6.03 Å². The summed E-state index contributed by atoms with van der Waals surface area (Å²) in [5.41, 5.74) is 4.15. The number of H-pyrrole nitrogens is 1. The van der Waals surface area contributed by atoms with Crippen molar-refractivity contribution in [2.45, 2.75) is 52.1 Å². The third-order valence-corrected chi connectivity index (χ3v) is 6.24. The van der Waals surface area contributed by atoms with Crippen LogP contribution in [0.2, 0.25) is 5.02 Å². The molecule has 0 aliphatic heterocycles. The molecule has 5 nitrogen and oxygen atoms in total. The van der Waals surface area contributed by atoms with E-state index in [2.05, 4.69) is 16.4 Å². The van der Waals surface area contributed by atoms with Crippen LogP contribution in [0.5, 0.6) is 0 Å². The molecule has 1 aromatic heterocycles. The fraction of sp³-hybridized carbons (Fsp3) is 0.333. The fourth-order valence-corrected chi connectivity index (χ4v) is 4.36. The lowest BCUT2D eigenvalue weighted by Gasteiger charge is -2.29. The molecular formula is C24H26ClN3O2. The summed E-state index contributed by atoms with van der Waals surface area (Å²) in [5.74, 6) is 0. The Bertz CT molecular complexity index is 1130. The van der Waals surface area contributed by atoms with Crippen molar-refractivity contribution < 1.29 is 4.79 Å². The number of rotatable bonds is 4. The third-order valence-electron chi connectivity index (χ3n) is 5.98. The summed E-state index contributed by atoms with van der Waals surface area (Å²) in [6, 6.07) is 13.0. The van der Waals surface area contributed by atoms with Gasteiger partial charge in [-0.1, -0.05) is 36.6 Å². The molecule has 0 atom stereocenters. The first kappa shape index (κ1) is 20.5. The molecule has 1 heterocycles. The summed E-state index contributed by atoms with van der Waals surface area (Å²) in [6.07, 6.45) is 4.11. The van der Waals surface area contributed by atoms with E-state index >= 15 is 0 Å². The minimum absolute atomic E-state index is 0.131. The number of carbonyl (C=O) groups excluding carboxylic acids is 1. The Morgan fingerprint density at radius 1 is 1.10 bits per heavy atom. The Hall–Kier alpha value is -2.79. The van der Waals surface area contributed by atoms with E-state index in [-0.39, 0.29) is 24.2 Å². The van der Waals surface area contributed by atoms with Gasteiger partial charge in [-0.25, -0.2) is 4.79 Å². The van der Waals surface area contributed by atoms with Gasteiger partial charge in [0.1, 0.15) is 0 Å². The van der Waals surface area contributed by atoms with Crippen LogP contribution in [0, 0.1) is 13.8 Å². The number of aromatic amines is 1. The molecule has 2 N–H and O–H groups in total. The number of amides is 2. The van der Waals surface area contributed by atoms with Crippen LogP contribution >= 0.6 is 11.6 Å². The van der Waals surface area contributed by atoms with E-state index in [0.29, 0.717) is 16.3 Å². The predicted molar refractivity (Wildman–Crippen MR) is 122 cm³/mol. The van der Waals surface area contributed by atoms with Gasteiger partial charge in [0, 0.05) is 27.7 Å². The highest BCUT2D eigenvalue weighted by atomic mass is 35.5. The molecule has 6 heteroatoms. The topological polar surface area (TPSA) is 65.2 Å². The Morgan fingerprint density at radius 3 is 2.47 bits per heavy atom. The van der Waals surface area contributed by atoms with Crippen molar-refractivity contribution in [3.63, 3.8) is 0 Å². The number of anilines is 1. The first-order chi connectivity index (χ1) is 14.4. The maximum Gasteiger partial charge on any atom is 0.322 e. The van der Waals surface area contributed by atoms with Gasteiger partial charge in [0.25, 0.3) is 5.56 Å². The molecule has 1 aliphatic carbocycles. The van der Waals surface area contributed by atoms with Crippen molar-refractivity contribution in [3.8, 4) is 0 Å². The van der Waals surface area contributed by atoms with Crippen molar-refractivity contribution in [1.29, 1.82) is 0 Å². The molecule has 1 aliphatic rings. The molecule has 2 amide bonds. The lowest BCUT2D eigenvalue weighted by molar-refractivity contribution is 0.184. The number of fused-ring (bicyclic) bond motifs is 1. The van der Waals surface area contributed by atoms with E-state index in [0.717, 1.165) is 47.7 Å². The largest absolute Gasteiger partial charge is 0.322 e. The van der Waals surface area contributed by atoms with Gasteiger partial charge < -0.3 is 15.2 Å². The average molecular weight is 424 g/mol. The number of benzene rings is 2. The molecule has 1 saturated carbocycles. The lowest BCUT2D eigenvalue weighted by Crippen LogP contribution is -2.42. The van der Waals surface area contributed by atoms with Gasteiger partial charge in [0.05, 0.1) is 12.1 Å². The molecule has 30 heavy (non-hydrogen) atoms. The van der Waals surface area contributed by atoms with Crippen LogP contribution < -0.4 is 10.9 Å². The summed E-state index contributed by atoms with van der Waals surface area (Å²) in [5, 5.41) is 4.60. The number of nitrogens with one attached hydrogen (secondary N) is 2. The van der Waals surface area contributed by atoms with E-state index in [1.54, 1.807) is 24.3 Å². The number of carbonyl (C=O) groups is 1. The minimum atomic E-state index is -0.190. The fourth-order valence-electron chi connectivity index (χ4n) is 4.23. The summed E-state index contributed by atoms with van der Waals surface area (Å²) >= 11 is 5.95. The maximum absolute atomic E-state index is 13.2. The predicted octanol–water partition coefficient (Wildman–Crippen LogP) is 5.78. The van der Waals surface area contributed by atoms with Gasteiger partial charge in [-0.3, -0.25) is 4.79 Å². The summed E-state index contributed by atoms with van der Waals surface area (Å²) in [7, 11) is 0. The molecule has 0 bridgehead atoms. The van der Waals surface area contributed by atoms with E-state index in [9.17, 15) is 9.59 Å². The zero-order chi connectivity index (χ0) is 21.3. The smallest absolute Gasteiger partial charge is 0.321 e. The zero-order valence-corrected chi connectivity index (χ0v) is 18.1. The first-order valence-electron chi connectivity index (χ1n) is 10.4. The number of nitrogens with zero attached hydrogens (tertiary/aromatic N) is 1. The molecule has 2 aromatic carbocycles. The molecule has 3 aromatic rings. The highest BCUT2D eigenvalue weighted by Gasteiger charge is 2.28. The highest BCUT2D eigenvalue weighted by Crippen LogP contribution is 2.27. The number of aryl methyl sites for hydroxylation is 2. The molecule has 0 radical (unpaired) electrons. The second kappa shape index (κ2) is 8.52. The normalized spacial score (nSPS) is 14.2. The quantitative estimate of drug-likeness (QED) is 0.559. The number of pyridine rings is 1. The second-order valence-electron chi connectivity index (χ2n) is 8.11. The Labute approximate surface area is 181 Å². The molecule has 0 saturated heterocycles. The van der Waals surface area contributed by atoms with Gasteiger partial charge in [-0.15, -0.1) is 0 Å². The van der Waals surface area contributed by atoms with Gasteiger partial charge in [0.2, 0.25) is 0 Å². The van der Waals surface area contributed by atoms with Crippen molar-refractivity contribution in [2.75, 3.05) is 5.32 Å². The monoisotopic (exact) mass is 423 g/mol. The van der Waals surface area contributed by atoms with E-state index in [1.807, 2.05) is 30.9 Å². The molecule has 0 spiro atoms. The van der Waals surface area contributed by atoms with Crippen LogP contribution in [0.15, 0.2) is 47.3 Å². The lowest BCUT2D eigenvalue weighted by atomic mass is 10.0. The van der Waals surface area contributed by atoms with Crippen molar-refractivity contribution >= 4 is 34.2 Å². The van der Waals surface area contributed by atoms with Crippen molar-refractivity contribution in [1.82, 2.24) is 9.88 Å². The SMILES string of the molecule is Cc1ccc(C)c2[nH]c(=O)c(CN(C(=O)Nc3ccc(Cl)cc3)C3CCCC3)cc12. The number of hydrogen-bond acceptors (Lipinski definition) is 2. The third kappa shape index (κ3) is 4.21. The van der Waals surface area contributed by atoms with E-state index in [4.69, 9.17) is 11.6 Å². The van der Waals surface area contributed by atoms with Crippen LogP contribution in [0.3, 0.4) is 0 Å². The van der Waals surface area contributed by atoms with Crippen LogP contribution in [0.25, 0.3) is 10.9 Å². The molecule has 1 fully saturated rings. The van der Waals surface area contributed by atoms with Crippen LogP contribution in [-0.4, -0.2) is 22.0 Å². The van der Waals surface area contributed by atoms with Crippen LogP contribution in [-0.2, 0) is 6.54 Å². The maximum atomic E-state index is 13.2. The second-order valence-corrected chi connectivity index (χ2v) is 8.55. The number of hydrogen-bond donors (Lipinski definition) is 2. The Kier molecular flexibility index (Phi) is 5.82. The van der Waals surface area contributed by atoms with Crippen LogP contribution in [0.1, 0.15) is 42.4 Å². The zero-order valence-electron chi connectivity index (χ0n) is 17.3.